The topological polar surface area (TPSA) is 38.3 Å². The van der Waals surface area contributed by atoms with Crippen LogP contribution in [-0.2, 0) is 4.74 Å². The van der Waals surface area contributed by atoms with Gasteiger partial charge in [-0.3, -0.25) is 0 Å². The predicted octanol–water partition coefficient (Wildman–Crippen LogP) is 4.44. The summed E-state index contributed by atoms with van der Waals surface area (Å²) in [7, 11) is 0. The molecule has 0 radical (unpaired) electrons. The molecule has 2 unspecified atom stereocenters. The molecule has 0 aliphatic heterocycles. The molecule has 0 bridgehead atoms. The Morgan fingerprint density at radius 2 is 2.00 bits per heavy atom. The summed E-state index contributed by atoms with van der Waals surface area (Å²) in [5.41, 5.74) is 1.55. The molecule has 23 heavy (non-hydrogen) atoms. The van der Waals surface area contributed by atoms with Gasteiger partial charge in [0.15, 0.2) is 0 Å². The molecule has 126 valence electrons. The van der Waals surface area contributed by atoms with Crippen LogP contribution in [0, 0.1) is 11.7 Å². The van der Waals surface area contributed by atoms with E-state index >= 15 is 0 Å². The summed E-state index contributed by atoms with van der Waals surface area (Å²) in [6.07, 6.45) is 3.45. The lowest BCUT2D eigenvalue weighted by molar-refractivity contribution is 0.0492. The van der Waals surface area contributed by atoms with Crippen LogP contribution in [0.15, 0.2) is 30.3 Å². The van der Waals surface area contributed by atoms with Gasteiger partial charge in [-0.25, -0.2) is 9.18 Å². The van der Waals surface area contributed by atoms with E-state index in [-0.39, 0.29) is 17.8 Å². The van der Waals surface area contributed by atoms with Gasteiger partial charge in [-0.05, 0) is 62.6 Å². The lowest BCUT2D eigenvalue weighted by Crippen LogP contribution is -2.45. The number of carbonyl (C=O) groups is 1. The molecule has 2 rings (SSSR count). The number of nitrogens with one attached hydrogen (secondary N) is 1. The molecule has 0 spiro atoms. The number of alkyl carbamates (subject to hydrolysis) is 1. The van der Waals surface area contributed by atoms with Crippen LogP contribution >= 0.6 is 12.6 Å². The van der Waals surface area contributed by atoms with Crippen molar-refractivity contribution in [1.29, 1.82) is 0 Å². The standard InChI is InChI=1S/C18H24FNO2S/c1-18(2,3)22-17(21)20-16-6-4-5-14(15(16)11-23)12-7-9-13(19)10-8-12/h5,7-10,15-16,23H,4,6,11H2,1-3H3,(H,20,21). The first-order chi connectivity index (χ1) is 10.8. The maximum absolute atomic E-state index is 13.1. The minimum atomic E-state index is -0.523. The Labute approximate surface area is 142 Å². The zero-order chi connectivity index (χ0) is 17.0. The van der Waals surface area contributed by atoms with E-state index in [1.165, 1.54) is 12.1 Å². The monoisotopic (exact) mass is 337 g/mol. The highest BCUT2D eigenvalue weighted by molar-refractivity contribution is 7.80. The number of hydrogen-bond donors (Lipinski definition) is 2. The molecule has 0 saturated carbocycles. The summed E-state index contributed by atoms with van der Waals surface area (Å²) in [6.45, 7) is 5.52. The average molecular weight is 337 g/mol. The van der Waals surface area contributed by atoms with E-state index in [2.05, 4.69) is 24.0 Å². The highest BCUT2D eigenvalue weighted by atomic mass is 32.1. The number of ether oxygens (including phenoxy) is 1. The van der Waals surface area contributed by atoms with Crippen LogP contribution in [0.25, 0.3) is 5.57 Å². The molecule has 1 aromatic carbocycles. The molecule has 0 heterocycles. The Morgan fingerprint density at radius 3 is 2.57 bits per heavy atom. The van der Waals surface area contributed by atoms with Crippen molar-refractivity contribution in [3.63, 3.8) is 0 Å². The SMILES string of the molecule is CC(C)(C)OC(=O)NC1CCC=C(c2ccc(F)cc2)C1CS. The van der Waals surface area contributed by atoms with Crippen molar-refractivity contribution in [2.24, 2.45) is 5.92 Å². The van der Waals surface area contributed by atoms with Gasteiger partial charge in [0.05, 0.1) is 0 Å². The fourth-order valence-corrected chi connectivity index (χ4v) is 3.27. The minimum Gasteiger partial charge on any atom is -0.444 e. The fraction of sp³-hybridized carbons (Fsp3) is 0.500. The zero-order valence-electron chi connectivity index (χ0n) is 13.8. The van der Waals surface area contributed by atoms with E-state index in [0.717, 1.165) is 24.0 Å². The third-order valence-electron chi connectivity index (χ3n) is 3.80. The van der Waals surface area contributed by atoms with Gasteiger partial charge in [0.2, 0.25) is 0 Å². The lowest BCUT2D eigenvalue weighted by atomic mass is 9.81. The highest BCUT2D eigenvalue weighted by Gasteiger charge is 2.30. The van der Waals surface area contributed by atoms with Crippen molar-refractivity contribution in [1.82, 2.24) is 5.32 Å². The molecule has 3 nitrogen and oxygen atoms in total. The molecule has 0 saturated heterocycles. The molecule has 0 aromatic heterocycles. The van der Waals surface area contributed by atoms with Crippen molar-refractivity contribution in [2.75, 3.05) is 5.75 Å². The van der Waals surface area contributed by atoms with Crippen molar-refractivity contribution in [2.45, 2.75) is 45.3 Å². The van der Waals surface area contributed by atoms with E-state index in [0.29, 0.717) is 5.75 Å². The van der Waals surface area contributed by atoms with Crippen molar-refractivity contribution >= 4 is 24.3 Å². The molecule has 0 fully saturated rings. The Kier molecular flexibility index (Phi) is 5.74. The third kappa shape index (κ3) is 4.99. The molecule has 1 aliphatic rings. The molecule has 5 heteroatoms. The summed E-state index contributed by atoms with van der Waals surface area (Å²) >= 11 is 4.45. The first-order valence-corrected chi connectivity index (χ1v) is 8.50. The summed E-state index contributed by atoms with van der Waals surface area (Å²) < 4.78 is 18.5. The van der Waals surface area contributed by atoms with Crippen LogP contribution in [0.2, 0.25) is 0 Å². The van der Waals surface area contributed by atoms with Gasteiger partial charge in [0, 0.05) is 12.0 Å². The maximum atomic E-state index is 13.1. The fourth-order valence-electron chi connectivity index (χ4n) is 2.82. The zero-order valence-corrected chi connectivity index (χ0v) is 14.7. The van der Waals surface area contributed by atoms with Gasteiger partial charge < -0.3 is 10.1 Å². The Balaban J connectivity index is 2.13. The van der Waals surface area contributed by atoms with E-state index in [9.17, 15) is 9.18 Å². The largest absolute Gasteiger partial charge is 0.444 e. The van der Waals surface area contributed by atoms with Crippen LogP contribution in [0.1, 0.15) is 39.2 Å². The Bertz CT molecular complexity index is 578. The van der Waals surface area contributed by atoms with Gasteiger partial charge in [0.25, 0.3) is 0 Å². The second-order valence-corrected chi connectivity index (χ2v) is 7.15. The first kappa shape index (κ1) is 17.9. The number of allylic oxidation sites excluding steroid dienone is 1. The van der Waals surface area contributed by atoms with Crippen molar-refractivity contribution in [3.8, 4) is 0 Å². The molecule has 1 aliphatic carbocycles. The molecular formula is C18H24FNO2S. The van der Waals surface area contributed by atoms with Crippen LogP contribution in [0.5, 0.6) is 0 Å². The van der Waals surface area contributed by atoms with Crippen LogP contribution in [-0.4, -0.2) is 23.5 Å². The Morgan fingerprint density at radius 1 is 1.35 bits per heavy atom. The number of hydrogen-bond acceptors (Lipinski definition) is 3. The van der Waals surface area contributed by atoms with Crippen LogP contribution < -0.4 is 5.32 Å². The van der Waals surface area contributed by atoms with Crippen LogP contribution in [0.4, 0.5) is 9.18 Å². The molecule has 1 N–H and O–H groups in total. The molecule has 2 atom stereocenters. The highest BCUT2D eigenvalue weighted by Crippen LogP contribution is 2.34. The van der Waals surface area contributed by atoms with Gasteiger partial charge in [-0.1, -0.05) is 18.2 Å². The molecular weight excluding hydrogens is 313 g/mol. The molecule has 1 amide bonds. The Hall–Kier alpha value is -1.49. The lowest BCUT2D eigenvalue weighted by Gasteiger charge is -2.33. The first-order valence-electron chi connectivity index (χ1n) is 7.86. The van der Waals surface area contributed by atoms with E-state index in [1.807, 2.05) is 20.8 Å². The summed E-state index contributed by atoms with van der Waals surface area (Å²) in [5.74, 6) is 0.421. The summed E-state index contributed by atoms with van der Waals surface area (Å²) in [5, 5.41) is 2.96. The van der Waals surface area contributed by atoms with Gasteiger partial charge in [-0.15, -0.1) is 0 Å². The van der Waals surface area contributed by atoms with Crippen LogP contribution in [0.3, 0.4) is 0 Å². The normalized spacial score (nSPS) is 21.5. The van der Waals surface area contributed by atoms with E-state index < -0.39 is 11.7 Å². The van der Waals surface area contributed by atoms with Gasteiger partial charge in [-0.2, -0.15) is 12.6 Å². The van der Waals surface area contributed by atoms with E-state index in [1.54, 1.807) is 12.1 Å². The number of rotatable bonds is 3. The number of benzene rings is 1. The molecule has 1 aromatic rings. The number of carbonyl (C=O) groups excluding carboxylic acids is 1. The maximum Gasteiger partial charge on any atom is 0.407 e. The average Bonchev–Trinajstić information content (AvgIpc) is 2.46. The summed E-state index contributed by atoms with van der Waals surface area (Å²) in [6, 6.07) is 6.42. The smallest absolute Gasteiger partial charge is 0.407 e. The number of halogens is 1. The number of thiol groups is 1. The van der Waals surface area contributed by atoms with Crippen molar-refractivity contribution in [3.05, 3.63) is 41.7 Å². The minimum absolute atomic E-state index is 0.0348. The number of amides is 1. The second kappa shape index (κ2) is 7.39. The van der Waals surface area contributed by atoms with E-state index in [4.69, 9.17) is 4.74 Å². The quantitative estimate of drug-likeness (QED) is 0.800. The summed E-state index contributed by atoms with van der Waals surface area (Å²) in [4.78, 5) is 12.0. The predicted molar refractivity (Wildman–Crippen MR) is 94.1 cm³/mol. The van der Waals surface area contributed by atoms with Gasteiger partial charge in [0.1, 0.15) is 11.4 Å². The second-order valence-electron chi connectivity index (χ2n) is 6.79. The van der Waals surface area contributed by atoms with Gasteiger partial charge >= 0.3 is 6.09 Å². The third-order valence-corrected chi connectivity index (χ3v) is 4.20. The van der Waals surface area contributed by atoms with Crippen molar-refractivity contribution < 1.29 is 13.9 Å².